The van der Waals surface area contributed by atoms with Crippen LogP contribution < -0.4 is 11.1 Å². The number of nitrogens with two attached hydrogens (primary N) is 1. The summed E-state index contributed by atoms with van der Waals surface area (Å²) in [6, 6.07) is 0. The summed E-state index contributed by atoms with van der Waals surface area (Å²) in [6.45, 7) is 7.98. The lowest BCUT2D eigenvalue weighted by molar-refractivity contribution is -0.128. The van der Waals surface area contributed by atoms with E-state index in [1.807, 2.05) is 20.8 Å². The van der Waals surface area contributed by atoms with Crippen LogP contribution in [0.4, 0.5) is 0 Å². The first-order valence-electron chi connectivity index (χ1n) is 7.60. The summed E-state index contributed by atoms with van der Waals surface area (Å²) < 4.78 is 5.60. The summed E-state index contributed by atoms with van der Waals surface area (Å²) in [5.74, 6) is 0.992. The predicted molar refractivity (Wildman–Crippen MR) is 77.8 cm³/mol. The first-order chi connectivity index (χ1) is 8.98. The van der Waals surface area contributed by atoms with Gasteiger partial charge in [0.1, 0.15) is 0 Å². The highest BCUT2D eigenvalue weighted by molar-refractivity contribution is 5.78. The zero-order valence-corrected chi connectivity index (χ0v) is 12.7. The Kier molecular flexibility index (Phi) is 6.80. The van der Waals surface area contributed by atoms with E-state index in [4.69, 9.17) is 10.5 Å². The van der Waals surface area contributed by atoms with E-state index in [1.165, 1.54) is 6.42 Å². The SMILES string of the molecule is CCOC(C)(C)CNC(=O)C1CCCC(CCN)C1. The van der Waals surface area contributed by atoms with Gasteiger partial charge in [-0.1, -0.05) is 12.8 Å². The molecule has 2 atom stereocenters. The molecule has 0 spiro atoms. The van der Waals surface area contributed by atoms with E-state index >= 15 is 0 Å². The third kappa shape index (κ3) is 5.91. The Bertz CT molecular complexity index is 277. The van der Waals surface area contributed by atoms with Crippen molar-refractivity contribution in [3.63, 3.8) is 0 Å². The van der Waals surface area contributed by atoms with Gasteiger partial charge < -0.3 is 15.8 Å². The molecule has 1 aliphatic carbocycles. The summed E-state index contributed by atoms with van der Waals surface area (Å²) in [7, 11) is 0. The van der Waals surface area contributed by atoms with Crippen molar-refractivity contribution in [3.8, 4) is 0 Å². The van der Waals surface area contributed by atoms with Gasteiger partial charge in [-0.25, -0.2) is 0 Å². The van der Waals surface area contributed by atoms with Gasteiger partial charge in [-0.2, -0.15) is 0 Å². The molecule has 0 aromatic heterocycles. The minimum absolute atomic E-state index is 0.169. The maximum atomic E-state index is 12.2. The molecule has 0 radical (unpaired) electrons. The zero-order valence-electron chi connectivity index (χ0n) is 12.7. The van der Waals surface area contributed by atoms with Crippen LogP contribution in [0.25, 0.3) is 0 Å². The number of hydrogen-bond acceptors (Lipinski definition) is 3. The van der Waals surface area contributed by atoms with Crippen molar-refractivity contribution >= 4 is 5.91 Å². The maximum absolute atomic E-state index is 12.2. The second kappa shape index (κ2) is 7.85. The summed E-state index contributed by atoms with van der Waals surface area (Å²) >= 11 is 0. The number of ether oxygens (including phenoxy) is 1. The quantitative estimate of drug-likeness (QED) is 0.744. The number of rotatable bonds is 7. The van der Waals surface area contributed by atoms with Crippen LogP contribution >= 0.6 is 0 Å². The second-order valence-electron chi connectivity index (χ2n) is 6.22. The molecule has 19 heavy (non-hydrogen) atoms. The molecule has 1 rings (SSSR count). The van der Waals surface area contributed by atoms with Gasteiger partial charge in [-0.3, -0.25) is 4.79 Å². The molecule has 1 aliphatic rings. The van der Waals surface area contributed by atoms with E-state index < -0.39 is 0 Å². The maximum Gasteiger partial charge on any atom is 0.223 e. The number of nitrogens with one attached hydrogen (secondary N) is 1. The van der Waals surface area contributed by atoms with E-state index in [9.17, 15) is 4.79 Å². The van der Waals surface area contributed by atoms with E-state index in [-0.39, 0.29) is 17.4 Å². The Morgan fingerprint density at radius 2 is 2.16 bits per heavy atom. The minimum atomic E-state index is -0.282. The number of amides is 1. The van der Waals surface area contributed by atoms with Crippen LogP contribution in [0.3, 0.4) is 0 Å². The average Bonchev–Trinajstić information content (AvgIpc) is 2.37. The molecule has 0 heterocycles. The fourth-order valence-corrected chi connectivity index (χ4v) is 2.91. The van der Waals surface area contributed by atoms with Gasteiger partial charge in [0, 0.05) is 19.1 Å². The Balaban J connectivity index is 2.36. The molecule has 1 amide bonds. The van der Waals surface area contributed by atoms with Crippen molar-refractivity contribution in [1.82, 2.24) is 5.32 Å². The first-order valence-corrected chi connectivity index (χ1v) is 7.60. The van der Waals surface area contributed by atoms with Crippen LogP contribution in [0.5, 0.6) is 0 Å². The van der Waals surface area contributed by atoms with Crippen molar-refractivity contribution in [3.05, 3.63) is 0 Å². The summed E-state index contributed by atoms with van der Waals surface area (Å²) in [4.78, 5) is 12.2. The Morgan fingerprint density at radius 1 is 1.42 bits per heavy atom. The zero-order chi connectivity index (χ0) is 14.3. The van der Waals surface area contributed by atoms with Crippen LogP contribution in [-0.2, 0) is 9.53 Å². The summed E-state index contributed by atoms with van der Waals surface area (Å²) in [5.41, 5.74) is 5.33. The number of hydrogen-bond donors (Lipinski definition) is 2. The molecule has 1 fully saturated rings. The van der Waals surface area contributed by atoms with E-state index in [1.54, 1.807) is 0 Å². The topological polar surface area (TPSA) is 64.3 Å². The lowest BCUT2D eigenvalue weighted by Crippen LogP contribution is -2.43. The Labute approximate surface area is 117 Å². The Morgan fingerprint density at radius 3 is 2.79 bits per heavy atom. The monoisotopic (exact) mass is 270 g/mol. The van der Waals surface area contributed by atoms with Crippen molar-refractivity contribution in [1.29, 1.82) is 0 Å². The van der Waals surface area contributed by atoms with Gasteiger partial charge in [-0.15, -0.1) is 0 Å². The third-order valence-electron chi connectivity index (χ3n) is 3.95. The minimum Gasteiger partial charge on any atom is -0.374 e. The van der Waals surface area contributed by atoms with Gasteiger partial charge in [0.25, 0.3) is 0 Å². The van der Waals surface area contributed by atoms with Gasteiger partial charge >= 0.3 is 0 Å². The third-order valence-corrected chi connectivity index (χ3v) is 3.95. The van der Waals surface area contributed by atoms with Crippen molar-refractivity contribution < 1.29 is 9.53 Å². The van der Waals surface area contributed by atoms with Gasteiger partial charge in [0.15, 0.2) is 0 Å². The van der Waals surface area contributed by atoms with Crippen LogP contribution in [0.1, 0.15) is 52.9 Å². The lowest BCUT2D eigenvalue weighted by atomic mass is 9.79. The van der Waals surface area contributed by atoms with Crippen molar-refractivity contribution in [2.75, 3.05) is 19.7 Å². The molecule has 4 heteroatoms. The average molecular weight is 270 g/mol. The largest absolute Gasteiger partial charge is 0.374 e. The van der Waals surface area contributed by atoms with Crippen molar-refractivity contribution in [2.45, 2.75) is 58.5 Å². The fourth-order valence-electron chi connectivity index (χ4n) is 2.91. The number of carbonyl (C=O) groups excluding carboxylic acids is 1. The van der Waals surface area contributed by atoms with Gasteiger partial charge in [0.2, 0.25) is 5.91 Å². The van der Waals surface area contributed by atoms with Gasteiger partial charge in [0.05, 0.1) is 5.60 Å². The molecule has 0 saturated heterocycles. The fraction of sp³-hybridized carbons (Fsp3) is 0.933. The molecule has 4 nitrogen and oxygen atoms in total. The molecule has 0 aromatic carbocycles. The van der Waals surface area contributed by atoms with Crippen molar-refractivity contribution in [2.24, 2.45) is 17.6 Å². The number of carbonyl (C=O) groups is 1. The van der Waals surface area contributed by atoms with E-state index in [0.29, 0.717) is 19.1 Å². The highest BCUT2D eigenvalue weighted by Gasteiger charge is 2.28. The molecular weight excluding hydrogens is 240 g/mol. The summed E-state index contributed by atoms with van der Waals surface area (Å²) in [6.07, 6.45) is 5.44. The molecule has 112 valence electrons. The molecule has 3 N–H and O–H groups in total. The first kappa shape index (κ1) is 16.4. The molecule has 1 saturated carbocycles. The van der Waals surface area contributed by atoms with E-state index in [0.717, 1.165) is 32.2 Å². The second-order valence-corrected chi connectivity index (χ2v) is 6.22. The van der Waals surface area contributed by atoms with Crippen LogP contribution in [0.2, 0.25) is 0 Å². The summed E-state index contributed by atoms with van der Waals surface area (Å²) in [5, 5.41) is 3.04. The highest BCUT2D eigenvalue weighted by atomic mass is 16.5. The lowest BCUT2D eigenvalue weighted by Gasteiger charge is -2.30. The van der Waals surface area contributed by atoms with Crippen LogP contribution in [0, 0.1) is 11.8 Å². The van der Waals surface area contributed by atoms with Crippen LogP contribution in [-0.4, -0.2) is 31.2 Å². The Hall–Kier alpha value is -0.610. The van der Waals surface area contributed by atoms with Gasteiger partial charge in [-0.05, 0) is 52.5 Å². The van der Waals surface area contributed by atoms with Crippen LogP contribution in [0.15, 0.2) is 0 Å². The highest BCUT2D eigenvalue weighted by Crippen LogP contribution is 2.30. The molecular formula is C15H30N2O2. The van der Waals surface area contributed by atoms with E-state index in [2.05, 4.69) is 5.32 Å². The normalized spacial score (nSPS) is 24.2. The standard InChI is InChI=1S/C15H30N2O2/c1-4-19-15(2,3)11-17-14(18)13-7-5-6-12(10-13)8-9-16/h12-13H,4-11,16H2,1-3H3,(H,17,18). The molecule has 0 aromatic rings. The predicted octanol–water partition coefficient (Wildman–Crippen LogP) is 2.07. The molecule has 0 bridgehead atoms. The smallest absolute Gasteiger partial charge is 0.223 e. The molecule has 2 unspecified atom stereocenters. The molecule has 0 aliphatic heterocycles.